The summed E-state index contributed by atoms with van der Waals surface area (Å²) in [6.45, 7) is 5.96. The summed E-state index contributed by atoms with van der Waals surface area (Å²) in [5.74, 6) is -0.236. The van der Waals surface area contributed by atoms with Crippen LogP contribution in [0.15, 0.2) is 18.2 Å². The molecule has 0 unspecified atom stereocenters. The predicted molar refractivity (Wildman–Crippen MR) is 73.8 cm³/mol. The molecule has 5 nitrogen and oxygen atoms in total. The van der Waals surface area contributed by atoms with E-state index < -0.39 is 0 Å². The van der Waals surface area contributed by atoms with Crippen molar-refractivity contribution in [2.45, 2.75) is 13.8 Å². The summed E-state index contributed by atoms with van der Waals surface area (Å²) in [6.07, 6.45) is 0. The van der Waals surface area contributed by atoms with E-state index in [0.717, 1.165) is 18.8 Å². The van der Waals surface area contributed by atoms with Crippen LogP contribution in [-0.2, 0) is 9.53 Å². The van der Waals surface area contributed by atoms with Crippen LogP contribution in [0.4, 0.5) is 11.4 Å². The second-order valence-corrected chi connectivity index (χ2v) is 4.57. The van der Waals surface area contributed by atoms with E-state index in [0.29, 0.717) is 24.5 Å². The van der Waals surface area contributed by atoms with Gasteiger partial charge in [0.2, 0.25) is 5.91 Å². The van der Waals surface area contributed by atoms with Gasteiger partial charge in [0, 0.05) is 31.3 Å². The Balaban J connectivity index is 2.29. The first-order valence-corrected chi connectivity index (χ1v) is 6.33. The number of nitrogens with zero attached hydrogens (tertiary/aromatic N) is 1. The maximum atomic E-state index is 11.7. The van der Waals surface area contributed by atoms with Crippen LogP contribution in [0, 0.1) is 0 Å². The number of ether oxygens (including phenoxy) is 1. The highest BCUT2D eigenvalue weighted by atomic mass is 16.5. The number of rotatable bonds is 3. The number of anilines is 2. The molecule has 1 fully saturated rings. The van der Waals surface area contributed by atoms with Gasteiger partial charge >= 0.3 is 0 Å². The van der Waals surface area contributed by atoms with E-state index >= 15 is 0 Å². The predicted octanol–water partition coefficient (Wildman–Crippen LogP) is 1.68. The minimum Gasteiger partial charge on any atom is -0.378 e. The van der Waals surface area contributed by atoms with Crippen LogP contribution in [-0.4, -0.2) is 38.0 Å². The van der Waals surface area contributed by atoms with Crippen LogP contribution < -0.4 is 10.2 Å². The van der Waals surface area contributed by atoms with Gasteiger partial charge in [0.15, 0.2) is 5.78 Å². The molecule has 1 N–H and O–H groups in total. The Morgan fingerprint density at radius 2 is 1.89 bits per heavy atom. The molecule has 2 rings (SSSR count). The molecule has 1 aromatic carbocycles. The summed E-state index contributed by atoms with van der Waals surface area (Å²) >= 11 is 0. The fourth-order valence-electron chi connectivity index (χ4n) is 2.14. The van der Waals surface area contributed by atoms with E-state index in [1.165, 1.54) is 13.8 Å². The number of Topliss-reactive ketones (excluding diaryl/α,β-unsaturated/α-hetero) is 1. The monoisotopic (exact) mass is 262 g/mol. The fraction of sp³-hybridized carbons (Fsp3) is 0.429. The number of nitrogens with one attached hydrogen (secondary N) is 1. The molecular weight excluding hydrogens is 244 g/mol. The molecule has 1 aromatic rings. The number of carbonyl (C=O) groups is 2. The minimum absolute atomic E-state index is 0.0566. The first kappa shape index (κ1) is 13.5. The smallest absolute Gasteiger partial charge is 0.221 e. The van der Waals surface area contributed by atoms with Crippen molar-refractivity contribution in [3.05, 3.63) is 23.8 Å². The zero-order chi connectivity index (χ0) is 13.8. The number of hydrogen-bond donors (Lipinski definition) is 1. The standard InChI is InChI=1S/C14H18N2O3/c1-10(17)13-9-12(16-5-7-19-8-6-16)3-4-14(13)15-11(2)18/h3-4,9H,5-8H2,1-2H3,(H,15,18). The van der Waals surface area contributed by atoms with Gasteiger partial charge in [0.25, 0.3) is 0 Å². The number of carbonyl (C=O) groups excluding carboxylic acids is 2. The van der Waals surface area contributed by atoms with Gasteiger partial charge in [0.05, 0.1) is 18.9 Å². The number of hydrogen-bond acceptors (Lipinski definition) is 4. The van der Waals surface area contributed by atoms with E-state index in [1.54, 1.807) is 6.07 Å². The Morgan fingerprint density at radius 1 is 1.21 bits per heavy atom. The third-order valence-corrected chi connectivity index (χ3v) is 3.07. The SMILES string of the molecule is CC(=O)Nc1ccc(N2CCOCC2)cc1C(C)=O. The van der Waals surface area contributed by atoms with Gasteiger partial charge in [0.1, 0.15) is 0 Å². The lowest BCUT2D eigenvalue weighted by molar-refractivity contribution is -0.114. The molecule has 5 heteroatoms. The zero-order valence-electron chi connectivity index (χ0n) is 11.2. The van der Waals surface area contributed by atoms with Gasteiger partial charge < -0.3 is 15.0 Å². The molecule has 0 atom stereocenters. The van der Waals surface area contributed by atoms with Crippen molar-refractivity contribution in [1.82, 2.24) is 0 Å². The molecule has 1 aliphatic heterocycles. The van der Waals surface area contributed by atoms with Crippen molar-refractivity contribution in [3.63, 3.8) is 0 Å². The molecule has 1 amide bonds. The van der Waals surface area contributed by atoms with Crippen LogP contribution in [0.3, 0.4) is 0 Å². The van der Waals surface area contributed by atoms with Gasteiger partial charge in [-0.15, -0.1) is 0 Å². The Labute approximate surface area is 112 Å². The van der Waals surface area contributed by atoms with Crippen molar-refractivity contribution in [2.24, 2.45) is 0 Å². The van der Waals surface area contributed by atoms with E-state index in [4.69, 9.17) is 4.74 Å². The van der Waals surface area contributed by atoms with Gasteiger partial charge in [-0.25, -0.2) is 0 Å². The summed E-state index contributed by atoms with van der Waals surface area (Å²) in [7, 11) is 0. The van der Waals surface area contributed by atoms with Crippen LogP contribution in [0.25, 0.3) is 0 Å². The Kier molecular flexibility index (Phi) is 4.16. The second-order valence-electron chi connectivity index (χ2n) is 4.57. The van der Waals surface area contributed by atoms with Crippen molar-refractivity contribution in [2.75, 3.05) is 36.5 Å². The normalized spacial score (nSPS) is 15.2. The average molecular weight is 262 g/mol. The lowest BCUT2D eigenvalue weighted by atomic mass is 10.1. The molecule has 0 aromatic heterocycles. The molecule has 19 heavy (non-hydrogen) atoms. The van der Waals surface area contributed by atoms with E-state index in [1.807, 2.05) is 12.1 Å². The van der Waals surface area contributed by atoms with Gasteiger partial charge in [-0.2, -0.15) is 0 Å². The summed E-state index contributed by atoms with van der Waals surface area (Å²) in [5.41, 5.74) is 2.10. The van der Waals surface area contributed by atoms with Gasteiger partial charge in [-0.05, 0) is 25.1 Å². The Bertz CT molecular complexity index is 493. The van der Waals surface area contributed by atoms with Gasteiger partial charge in [-0.3, -0.25) is 9.59 Å². The average Bonchev–Trinajstić information content (AvgIpc) is 2.39. The molecule has 0 spiro atoms. The topological polar surface area (TPSA) is 58.6 Å². The molecule has 1 aliphatic rings. The quantitative estimate of drug-likeness (QED) is 0.842. The Hall–Kier alpha value is -1.88. The molecule has 0 aliphatic carbocycles. The molecule has 1 heterocycles. The summed E-state index contributed by atoms with van der Waals surface area (Å²) in [5, 5.41) is 2.68. The summed E-state index contributed by atoms with van der Waals surface area (Å²) < 4.78 is 5.31. The summed E-state index contributed by atoms with van der Waals surface area (Å²) in [6, 6.07) is 5.53. The molecule has 102 valence electrons. The first-order chi connectivity index (χ1) is 9.08. The largest absolute Gasteiger partial charge is 0.378 e. The lowest BCUT2D eigenvalue weighted by Gasteiger charge is -2.29. The molecule has 0 radical (unpaired) electrons. The number of amides is 1. The van der Waals surface area contributed by atoms with E-state index in [2.05, 4.69) is 10.2 Å². The van der Waals surface area contributed by atoms with Crippen molar-refractivity contribution in [1.29, 1.82) is 0 Å². The highest BCUT2D eigenvalue weighted by Crippen LogP contribution is 2.24. The van der Waals surface area contributed by atoms with E-state index in [-0.39, 0.29) is 11.7 Å². The summed E-state index contributed by atoms with van der Waals surface area (Å²) in [4.78, 5) is 25.0. The van der Waals surface area contributed by atoms with Crippen LogP contribution in [0.5, 0.6) is 0 Å². The lowest BCUT2D eigenvalue weighted by Crippen LogP contribution is -2.36. The second kappa shape index (κ2) is 5.84. The maximum Gasteiger partial charge on any atom is 0.221 e. The highest BCUT2D eigenvalue weighted by molar-refractivity contribution is 6.04. The number of benzene rings is 1. The third kappa shape index (κ3) is 3.32. The number of morpholine rings is 1. The molecule has 1 saturated heterocycles. The molecule has 0 saturated carbocycles. The zero-order valence-corrected chi connectivity index (χ0v) is 11.2. The molecular formula is C14H18N2O3. The molecule has 0 bridgehead atoms. The van der Waals surface area contributed by atoms with Crippen molar-refractivity contribution in [3.8, 4) is 0 Å². The minimum atomic E-state index is -0.179. The third-order valence-electron chi connectivity index (χ3n) is 3.07. The van der Waals surface area contributed by atoms with Crippen LogP contribution >= 0.6 is 0 Å². The van der Waals surface area contributed by atoms with Crippen molar-refractivity contribution < 1.29 is 14.3 Å². The van der Waals surface area contributed by atoms with Crippen molar-refractivity contribution >= 4 is 23.1 Å². The van der Waals surface area contributed by atoms with Crippen LogP contribution in [0.1, 0.15) is 24.2 Å². The highest BCUT2D eigenvalue weighted by Gasteiger charge is 2.15. The fourth-order valence-corrected chi connectivity index (χ4v) is 2.14. The Morgan fingerprint density at radius 3 is 2.47 bits per heavy atom. The van der Waals surface area contributed by atoms with E-state index in [9.17, 15) is 9.59 Å². The maximum absolute atomic E-state index is 11.7. The number of ketones is 1. The van der Waals surface area contributed by atoms with Crippen LogP contribution in [0.2, 0.25) is 0 Å². The van der Waals surface area contributed by atoms with Gasteiger partial charge in [-0.1, -0.05) is 0 Å². The first-order valence-electron chi connectivity index (χ1n) is 6.33.